The first-order chi connectivity index (χ1) is 10.5. The molecule has 3 rings (SSSR count). The molecule has 1 atom stereocenters. The van der Waals surface area contributed by atoms with Crippen molar-refractivity contribution in [3.8, 4) is 0 Å². The monoisotopic (exact) mass is 407 g/mol. The van der Waals surface area contributed by atoms with Crippen molar-refractivity contribution in [2.75, 3.05) is 5.32 Å². The second kappa shape index (κ2) is 5.72. The lowest BCUT2D eigenvalue weighted by molar-refractivity contribution is -0.134. The SMILES string of the molecule is C[C@]1(C(=O)Nc2ccccc2I)Cc2ccccc2C(=O)O1. The van der Waals surface area contributed by atoms with Crippen LogP contribution in [0.2, 0.25) is 0 Å². The number of esters is 1. The largest absolute Gasteiger partial charge is 0.445 e. The maximum absolute atomic E-state index is 12.6. The van der Waals surface area contributed by atoms with E-state index in [1.54, 1.807) is 19.1 Å². The summed E-state index contributed by atoms with van der Waals surface area (Å²) in [6.07, 6.45) is 0.365. The van der Waals surface area contributed by atoms with Gasteiger partial charge in [0.25, 0.3) is 5.91 Å². The third kappa shape index (κ3) is 2.72. The van der Waals surface area contributed by atoms with Crippen LogP contribution in [-0.4, -0.2) is 17.5 Å². The molecule has 0 unspecified atom stereocenters. The molecule has 1 heterocycles. The number of fused-ring (bicyclic) bond motifs is 1. The number of cyclic esters (lactones) is 1. The number of amides is 1. The Morgan fingerprint density at radius 2 is 1.86 bits per heavy atom. The van der Waals surface area contributed by atoms with E-state index in [0.29, 0.717) is 17.7 Å². The molecule has 2 aromatic rings. The molecule has 2 aromatic carbocycles. The van der Waals surface area contributed by atoms with Crippen LogP contribution in [-0.2, 0) is 16.0 Å². The molecule has 1 aliphatic heterocycles. The Morgan fingerprint density at radius 1 is 1.18 bits per heavy atom. The van der Waals surface area contributed by atoms with Crippen LogP contribution in [0, 0.1) is 3.57 Å². The van der Waals surface area contributed by atoms with E-state index in [9.17, 15) is 9.59 Å². The molecule has 5 heteroatoms. The van der Waals surface area contributed by atoms with Gasteiger partial charge in [-0.25, -0.2) is 4.79 Å². The van der Waals surface area contributed by atoms with Gasteiger partial charge >= 0.3 is 5.97 Å². The maximum Gasteiger partial charge on any atom is 0.339 e. The van der Waals surface area contributed by atoms with Gasteiger partial charge < -0.3 is 10.1 Å². The van der Waals surface area contributed by atoms with Crippen LogP contribution >= 0.6 is 22.6 Å². The highest BCUT2D eigenvalue weighted by Gasteiger charge is 2.42. The number of ether oxygens (including phenoxy) is 1. The quantitative estimate of drug-likeness (QED) is 0.614. The third-order valence-electron chi connectivity index (χ3n) is 3.69. The van der Waals surface area contributed by atoms with Crippen LogP contribution in [0.3, 0.4) is 0 Å². The van der Waals surface area contributed by atoms with Gasteiger partial charge in [-0.15, -0.1) is 0 Å². The molecule has 0 spiro atoms. The number of benzene rings is 2. The van der Waals surface area contributed by atoms with Gasteiger partial charge in [0.1, 0.15) is 0 Å². The summed E-state index contributed by atoms with van der Waals surface area (Å²) in [4.78, 5) is 24.7. The zero-order valence-corrected chi connectivity index (χ0v) is 14.1. The number of halogens is 1. The van der Waals surface area contributed by atoms with Crippen molar-refractivity contribution in [3.63, 3.8) is 0 Å². The average molecular weight is 407 g/mol. The Labute approximate surface area is 142 Å². The first kappa shape index (κ1) is 15.0. The highest BCUT2D eigenvalue weighted by molar-refractivity contribution is 14.1. The first-order valence-corrected chi connectivity index (χ1v) is 7.95. The van der Waals surface area contributed by atoms with Gasteiger partial charge in [-0.05, 0) is 53.3 Å². The van der Waals surface area contributed by atoms with Gasteiger partial charge in [-0.1, -0.05) is 30.3 Å². The van der Waals surface area contributed by atoms with Crippen LogP contribution in [0.1, 0.15) is 22.8 Å². The van der Waals surface area contributed by atoms with E-state index in [0.717, 1.165) is 9.13 Å². The molecule has 4 nitrogen and oxygen atoms in total. The predicted octanol–water partition coefficient (Wildman–Crippen LogP) is 3.40. The van der Waals surface area contributed by atoms with Crippen LogP contribution < -0.4 is 5.32 Å². The number of carbonyl (C=O) groups is 2. The Bertz CT molecular complexity index is 759. The van der Waals surface area contributed by atoms with Crippen molar-refractivity contribution < 1.29 is 14.3 Å². The lowest BCUT2D eigenvalue weighted by Gasteiger charge is -2.33. The van der Waals surface area contributed by atoms with Crippen molar-refractivity contribution in [2.45, 2.75) is 18.9 Å². The van der Waals surface area contributed by atoms with Gasteiger partial charge in [-0.2, -0.15) is 0 Å². The Kier molecular flexibility index (Phi) is 3.90. The summed E-state index contributed by atoms with van der Waals surface area (Å²) < 4.78 is 6.35. The minimum atomic E-state index is -1.20. The summed E-state index contributed by atoms with van der Waals surface area (Å²) in [6, 6.07) is 14.7. The molecule has 0 radical (unpaired) electrons. The lowest BCUT2D eigenvalue weighted by Crippen LogP contribution is -2.49. The standard InChI is InChI=1S/C17H14INO3/c1-17(16(21)19-14-9-5-4-8-13(14)18)10-11-6-2-3-7-12(11)15(20)22-17/h2-9H,10H2,1H3,(H,19,21)/t17-/m1/s1. The first-order valence-electron chi connectivity index (χ1n) is 6.87. The fraction of sp³-hybridized carbons (Fsp3) is 0.176. The maximum atomic E-state index is 12.6. The zero-order chi connectivity index (χ0) is 15.7. The molecule has 0 saturated heterocycles. The van der Waals surface area contributed by atoms with Gasteiger partial charge in [0.2, 0.25) is 0 Å². The molecule has 0 aliphatic carbocycles. The molecule has 0 bridgehead atoms. The average Bonchev–Trinajstić information content (AvgIpc) is 2.49. The van der Waals surface area contributed by atoms with Crippen LogP contribution in [0.25, 0.3) is 0 Å². The Balaban J connectivity index is 1.87. The van der Waals surface area contributed by atoms with Gasteiger partial charge in [0.05, 0.1) is 11.3 Å². The summed E-state index contributed by atoms with van der Waals surface area (Å²) in [7, 11) is 0. The summed E-state index contributed by atoms with van der Waals surface area (Å²) in [5, 5.41) is 2.85. The van der Waals surface area contributed by atoms with E-state index in [-0.39, 0.29) is 5.91 Å². The minimum absolute atomic E-state index is 0.320. The number of nitrogens with one attached hydrogen (secondary N) is 1. The van der Waals surface area contributed by atoms with Crippen molar-refractivity contribution >= 4 is 40.2 Å². The Morgan fingerprint density at radius 3 is 2.64 bits per heavy atom. The topological polar surface area (TPSA) is 55.4 Å². The number of hydrogen-bond acceptors (Lipinski definition) is 3. The molecule has 1 N–H and O–H groups in total. The highest BCUT2D eigenvalue weighted by Crippen LogP contribution is 2.29. The van der Waals surface area contributed by atoms with Crippen molar-refractivity contribution in [3.05, 3.63) is 63.2 Å². The van der Waals surface area contributed by atoms with E-state index in [1.165, 1.54) is 0 Å². The summed E-state index contributed by atoms with van der Waals surface area (Å²) in [5.74, 6) is -0.776. The predicted molar refractivity (Wildman–Crippen MR) is 91.8 cm³/mol. The number of anilines is 1. The van der Waals surface area contributed by atoms with E-state index < -0.39 is 11.6 Å². The third-order valence-corrected chi connectivity index (χ3v) is 4.63. The van der Waals surface area contributed by atoms with Crippen LogP contribution in [0.4, 0.5) is 5.69 Å². The highest BCUT2D eigenvalue weighted by atomic mass is 127. The number of para-hydroxylation sites is 1. The number of carbonyl (C=O) groups excluding carboxylic acids is 2. The second-order valence-corrected chi connectivity index (χ2v) is 6.55. The molecule has 0 fully saturated rings. The second-order valence-electron chi connectivity index (χ2n) is 5.39. The minimum Gasteiger partial charge on any atom is -0.445 e. The molecule has 0 saturated carbocycles. The fourth-order valence-corrected chi connectivity index (χ4v) is 3.00. The smallest absolute Gasteiger partial charge is 0.339 e. The summed E-state index contributed by atoms with van der Waals surface area (Å²) >= 11 is 2.15. The zero-order valence-electron chi connectivity index (χ0n) is 11.9. The number of rotatable bonds is 2. The molecule has 112 valence electrons. The van der Waals surface area contributed by atoms with Gasteiger partial charge in [0.15, 0.2) is 5.60 Å². The normalized spacial score (nSPS) is 20.0. The molecule has 22 heavy (non-hydrogen) atoms. The summed E-state index contributed by atoms with van der Waals surface area (Å²) in [6.45, 7) is 1.64. The van der Waals surface area contributed by atoms with Crippen molar-refractivity contribution in [1.29, 1.82) is 0 Å². The van der Waals surface area contributed by atoms with Crippen molar-refractivity contribution in [1.82, 2.24) is 0 Å². The van der Waals surface area contributed by atoms with E-state index >= 15 is 0 Å². The number of hydrogen-bond donors (Lipinski definition) is 1. The summed E-state index contributed by atoms with van der Waals surface area (Å²) in [5.41, 5.74) is 0.870. The Hall–Kier alpha value is -1.89. The molecule has 0 aromatic heterocycles. The van der Waals surface area contributed by atoms with E-state index in [1.807, 2.05) is 36.4 Å². The molecule has 1 aliphatic rings. The lowest BCUT2D eigenvalue weighted by atomic mass is 9.89. The van der Waals surface area contributed by atoms with E-state index in [4.69, 9.17) is 4.74 Å². The van der Waals surface area contributed by atoms with Gasteiger partial charge in [0, 0.05) is 9.99 Å². The van der Waals surface area contributed by atoms with Crippen LogP contribution in [0.15, 0.2) is 48.5 Å². The fourth-order valence-electron chi connectivity index (χ4n) is 2.48. The molecular weight excluding hydrogens is 393 g/mol. The van der Waals surface area contributed by atoms with Crippen molar-refractivity contribution in [2.24, 2.45) is 0 Å². The van der Waals surface area contributed by atoms with Crippen LogP contribution in [0.5, 0.6) is 0 Å². The van der Waals surface area contributed by atoms with E-state index in [2.05, 4.69) is 27.9 Å². The molecular formula is C17H14INO3. The van der Waals surface area contributed by atoms with Gasteiger partial charge in [-0.3, -0.25) is 4.79 Å². The molecule has 1 amide bonds.